The molecule has 0 radical (unpaired) electrons. The van der Waals surface area contributed by atoms with Crippen molar-refractivity contribution in [3.8, 4) is 0 Å². The summed E-state index contributed by atoms with van der Waals surface area (Å²) in [7, 11) is 1.99. The fraction of sp³-hybridized carbons (Fsp3) is 0.862. The van der Waals surface area contributed by atoms with Crippen LogP contribution in [0, 0.1) is 34.5 Å². The Morgan fingerprint density at radius 1 is 1.11 bits per heavy atom. The van der Waals surface area contributed by atoms with E-state index in [1.165, 1.54) is 0 Å². The lowest BCUT2D eigenvalue weighted by molar-refractivity contribution is -0.243. The van der Waals surface area contributed by atoms with E-state index in [1.807, 2.05) is 11.9 Å². The van der Waals surface area contributed by atoms with Gasteiger partial charge in [0.25, 0.3) is 0 Å². The maximum absolute atomic E-state index is 13.1. The molecule has 36 heavy (non-hydrogen) atoms. The van der Waals surface area contributed by atoms with E-state index < -0.39 is 17.1 Å². The number of aliphatic hydroxyl groups excluding tert-OH is 1. The van der Waals surface area contributed by atoms with Gasteiger partial charge in [-0.05, 0) is 105 Å². The van der Waals surface area contributed by atoms with Crippen LogP contribution in [0.1, 0.15) is 78.1 Å². The molecule has 7 heteroatoms. The predicted octanol–water partition coefficient (Wildman–Crippen LogP) is 2.79. The number of likely N-dealkylation sites (N-methyl/N-ethyl adjacent to an activating group) is 1. The van der Waals surface area contributed by atoms with Gasteiger partial charge in [-0.1, -0.05) is 13.8 Å². The van der Waals surface area contributed by atoms with Crippen molar-refractivity contribution in [2.45, 2.75) is 102 Å². The highest BCUT2D eigenvalue weighted by Gasteiger charge is 2.70. The number of nitrogens with one attached hydrogen (secondary N) is 1. The van der Waals surface area contributed by atoms with Gasteiger partial charge in [0.2, 0.25) is 5.91 Å². The van der Waals surface area contributed by atoms with E-state index >= 15 is 0 Å². The summed E-state index contributed by atoms with van der Waals surface area (Å²) in [5, 5.41) is 27.5. The van der Waals surface area contributed by atoms with Gasteiger partial charge in [0.05, 0.1) is 17.7 Å². The molecular weight excluding hydrogens is 456 g/mol. The lowest BCUT2D eigenvalue weighted by Gasteiger charge is -2.65. The molecule has 4 saturated carbocycles. The van der Waals surface area contributed by atoms with Gasteiger partial charge in [0.1, 0.15) is 6.61 Å². The molecular formula is C29H44N2O5. The van der Waals surface area contributed by atoms with Gasteiger partial charge in [-0.3, -0.25) is 4.79 Å². The number of hydrogen-bond donors (Lipinski definition) is 3. The third-order valence-corrected chi connectivity index (χ3v) is 12.3. The first-order chi connectivity index (χ1) is 17.1. The molecule has 6 aliphatic rings. The molecule has 0 aromatic carbocycles. The Labute approximate surface area is 215 Å². The molecule has 4 aliphatic carbocycles. The molecule has 0 bridgehead atoms. The maximum Gasteiger partial charge on any atom is 0.331 e. The van der Waals surface area contributed by atoms with Crippen molar-refractivity contribution in [1.29, 1.82) is 0 Å². The lowest BCUT2D eigenvalue weighted by atomic mass is 9.42. The van der Waals surface area contributed by atoms with Crippen LogP contribution in [0.3, 0.4) is 0 Å². The highest BCUT2D eigenvalue weighted by atomic mass is 16.5. The summed E-state index contributed by atoms with van der Waals surface area (Å²) >= 11 is 0. The number of aliphatic hydroxyl groups is 2. The first-order valence-electron chi connectivity index (χ1n) is 14.4. The van der Waals surface area contributed by atoms with Crippen molar-refractivity contribution in [2.24, 2.45) is 34.5 Å². The minimum absolute atomic E-state index is 0.0185. The van der Waals surface area contributed by atoms with Crippen molar-refractivity contribution < 1.29 is 24.5 Å². The Hall–Kier alpha value is -1.44. The van der Waals surface area contributed by atoms with Crippen LogP contribution in [0.2, 0.25) is 0 Å². The topological polar surface area (TPSA) is 99.1 Å². The molecule has 10 atom stereocenters. The zero-order valence-corrected chi connectivity index (χ0v) is 22.2. The average molecular weight is 501 g/mol. The molecule has 5 fully saturated rings. The average Bonchev–Trinajstić information content (AvgIpc) is 3.59. The van der Waals surface area contributed by atoms with Crippen molar-refractivity contribution in [1.82, 2.24) is 10.2 Å². The van der Waals surface area contributed by atoms with Crippen LogP contribution < -0.4 is 5.32 Å². The van der Waals surface area contributed by atoms with Crippen LogP contribution >= 0.6 is 0 Å². The molecule has 0 spiro atoms. The number of amides is 1. The van der Waals surface area contributed by atoms with E-state index in [0.717, 1.165) is 63.5 Å². The number of ether oxygens (including phenoxy) is 1. The minimum Gasteiger partial charge on any atom is -0.458 e. The van der Waals surface area contributed by atoms with Crippen molar-refractivity contribution >= 4 is 11.9 Å². The second-order valence-electron chi connectivity index (χ2n) is 13.4. The molecule has 7 nitrogen and oxygen atoms in total. The van der Waals surface area contributed by atoms with Crippen LogP contribution in [0.25, 0.3) is 0 Å². The lowest BCUT2D eigenvalue weighted by Crippen LogP contribution is -2.67. The molecule has 2 aliphatic heterocycles. The normalized spacial score (nSPS) is 50.1. The first-order valence-corrected chi connectivity index (χ1v) is 14.4. The molecule has 3 N–H and O–H groups in total. The van der Waals surface area contributed by atoms with Crippen molar-refractivity contribution in [2.75, 3.05) is 20.2 Å². The highest BCUT2D eigenvalue weighted by molar-refractivity contribution is 5.85. The van der Waals surface area contributed by atoms with Crippen molar-refractivity contribution in [3.05, 3.63) is 11.6 Å². The smallest absolute Gasteiger partial charge is 0.331 e. The number of esters is 1. The van der Waals surface area contributed by atoms with Gasteiger partial charge in [0.15, 0.2) is 0 Å². The third-order valence-electron chi connectivity index (χ3n) is 12.3. The van der Waals surface area contributed by atoms with Crippen LogP contribution in [0.5, 0.6) is 0 Å². The number of nitrogens with zero attached hydrogens (tertiary/aromatic N) is 1. The SMILES string of the molecule is CN(C(=O)C1CCCN1)[C@H]1CC[C@@]2(C)[C@H](CC[C@@H]3[C@@H]2C[C@@H](O)[C@]2(C)[C@@H](C4=CC(=O)OC4)CC[C@]32O)C1. The predicted molar refractivity (Wildman–Crippen MR) is 135 cm³/mol. The summed E-state index contributed by atoms with van der Waals surface area (Å²) in [6.07, 6.45) is 10.3. The largest absolute Gasteiger partial charge is 0.458 e. The molecule has 6 rings (SSSR count). The standard InChI is InChI=1S/C29H44N2O5/c1-27-10-8-19(31(3)26(34)23-5-4-12-30-23)14-18(27)6-7-21-22(27)15-24(32)28(2)20(9-11-29(21,28)35)17-13-25(33)36-16-17/h13,18-24,30,32,35H,4-12,14-16H2,1-3H3/t18-,19+,20-,21-,22+,23?,24-,27+,28+,29+/m1/s1. The molecule has 0 aromatic heterocycles. The third kappa shape index (κ3) is 3.34. The first kappa shape index (κ1) is 24.9. The Morgan fingerprint density at radius 2 is 1.92 bits per heavy atom. The maximum atomic E-state index is 13.1. The summed E-state index contributed by atoms with van der Waals surface area (Å²) in [5.41, 5.74) is -0.578. The van der Waals surface area contributed by atoms with E-state index in [9.17, 15) is 19.8 Å². The molecule has 1 unspecified atom stereocenters. The Bertz CT molecular complexity index is 961. The number of hydrogen-bond acceptors (Lipinski definition) is 6. The second-order valence-corrected chi connectivity index (χ2v) is 13.4. The number of rotatable bonds is 3. The Balaban J connectivity index is 1.22. The summed E-state index contributed by atoms with van der Waals surface area (Å²) in [5.74, 6) is 0.865. The molecule has 0 aromatic rings. The zero-order chi connectivity index (χ0) is 25.5. The molecule has 1 amide bonds. The molecule has 2 heterocycles. The van der Waals surface area contributed by atoms with E-state index in [-0.39, 0.29) is 47.1 Å². The van der Waals surface area contributed by atoms with Gasteiger partial charge in [-0.2, -0.15) is 0 Å². The van der Waals surface area contributed by atoms with Crippen molar-refractivity contribution in [3.63, 3.8) is 0 Å². The Morgan fingerprint density at radius 3 is 2.61 bits per heavy atom. The quantitative estimate of drug-likeness (QED) is 0.516. The number of carbonyl (C=O) groups is 2. The number of fused-ring (bicyclic) bond motifs is 5. The number of carbonyl (C=O) groups excluding carboxylic acids is 2. The minimum atomic E-state index is -0.932. The fourth-order valence-corrected chi connectivity index (χ4v) is 10.0. The molecule has 200 valence electrons. The zero-order valence-electron chi connectivity index (χ0n) is 22.2. The van der Waals surface area contributed by atoms with E-state index in [4.69, 9.17) is 4.74 Å². The number of cyclic esters (lactones) is 1. The van der Waals surface area contributed by atoms with Gasteiger partial charge in [-0.25, -0.2) is 4.79 Å². The van der Waals surface area contributed by atoms with Gasteiger partial charge in [-0.15, -0.1) is 0 Å². The van der Waals surface area contributed by atoms with Crippen LogP contribution in [-0.2, 0) is 14.3 Å². The van der Waals surface area contributed by atoms with E-state index in [1.54, 1.807) is 6.08 Å². The summed E-state index contributed by atoms with van der Waals surface area (Å²) in [6, 6.07) is 0.254. The summed E-state index contributed by atoms with van der Waals surface area (Å²) in [4.78, 5) is 26.9. The monoisotopic (exact) mass is 500 g/mol. The Kier molecular flexibility index (Phi) is 5.90. The van der Waals surface area contributed by atoms with Gasteiger partial charge in [0, 0.05) is 24.6 Å². The van der Waals surface area contributed by atoms with E-state index in [2.05, 4.69) is 19.2 Å². The fourth-order valence-electron chi connectivity index (χ4n) is 10.0. The van der Waals surface area contributed by atoms with Gasteiger partial charge < -0.3 is 25.2 Å². The summed E-state index contributed by atoms with van der Waals surface area (Å²) < 4.78 is 5.22. The highest BCUT2D eigenvalue weighted by Crippen LogP contribution is 2.70. The van der Waals surface area contributed by atoms with Crippen LogP contribution in [0.15, 0.2) is 11.6 Å². The van der Waals surface area contributed by atoms with Crippen LogP contribution in [0.4, 0.5) is 0 Å². The van der Waals surface area contributed by atoms with E-state index in [0.29, 0.717) is 25.4 Å². The van der Waals surface area contributed by atoms with Crippen LogP contribution in [-0.4, -0.2) is 71.0 Å². The van der Waals surface area contributed by atoms with Gasteiger partial charge >= 0.3 is 5.97 Å². The molecule has 1 saturated heterocycles. The summed E-state index contributed by atoms with van der Waals surface area (Å²) in [6.45, 7) is 5.70. The second kappa shape index (κ2) is 8.54.